The summed E-state index contributed by atoms with van der Waals surface area (Å²) in [6, 6.07) is 5.97. The van der Waals surface area contributed by atoms with E-state index in [9.17, 15) is 4.79 Å². The van der Waals surface area contributed by atoms with E-state index in [4.69, 9.17) is 5.11 Å². The first kappa shape index (κ1) is 10.6. The molecule has 0 aliphatic carbocycles. The minimum Gasteiger partial charge on any atom is -0.477 e. The smallest absolute Gasteiger partial charge is 0.353 e. The van der Waals surface area contributed by atoms with Gasteiger partial charge in [0.05, 0.1) is 6.20 Å². The number of carbonyl (C=O) groups is 1. The lowest BCUT2D eigenvalue weighted by Gasteiger charge is -1.97. The first-order valence-electron chi connectivity index (χ1n) is 5.52. The summed E-state index contributed by atoms with van der Waals surface area (Å²) in [6.45, 7) is 2.02. The van der Waals surface area contributed by atoms with E-state index in [0.29, 0.717) is 5.82 Å². The largest absolute Gasteiger partial charge is 0.477 e. The van der Waals surface area contributed by atoms with Crippen LogP contribution in [0.1, 0.15) is 16.1 Å². The number of aromatic amines is 2. The first-order chi connectivity index (χ1) is 8.66. The second kappa shape index (κ2) is 3.73. The molecule has 0 aliphatic heterocycles. The highest BCUT2D eigenvalue weighted by atomic mass is 16.4. The zero-order valence-corrected chi connectivity index (χ0v) is 9.69. The zero-order chi connectivity index (χ0) is 12.7. The summed E-state index contributed by atoms with van der Waals surface area (Å²) in [5.74, 6) is -0.450. The molecule has 0 spiro atoms. The van der Waals surface area contributed by atoms with Crippen LogP contribution in [0.4, 0.5) is 0 Å². The summed E-state index contributed by atoms with van der Waals surface area (Å²) in [5, 5.41) is 9.90. The van der Waals surface area contributed by atoms with Gasteiger partial charge in [-0.05, 0) is 12.5 Å². The molecule has 18 heavy (non-hydrogen) atoms. The Kier molecular flexibility index (Phi) is 2.19. The molecule has 0 radical (unpaired) electrons. The van der Waals surface area contributed by atoms with Gasteiger partial charge in [0.2, 0.25) is 0 Å². The molecule has 0 saturated carbocycles. The van der Waals surface area contributed by atoms with Crippen LogP contribution in [0, 0.1) is 6.92 Å². The fourth-order valence-electron chi connectivity index (χ4n) is 2.07. The van der Waals surface area contributed by atoms with Crippen molar-refractivity contribution >= 4 is 16.9 Å². The number of carboxylic acids is 1. The van der Waals surface area contributed by atoms with Crippen LogP contribution in [0.25, 0.3) is 22.3 Å². The molecule has 0 aliphatic rings. The molecule has 90 valence electrons. The average Bonchev–Trinajstić information content (AvgIpc) is 2.94. The molecule has 0 atom stereocenters. The van der Waals surface area contributed by atoms with E-state index >= 15 is 0 Å². The predicted molar refractivity (Wildman–Crippen MR) is 67.6 cm³/mol. The van der Waals surface area contributed by atoms with Gasteiger partial charge in [-0.25, -0.2) is 9.78 Å². The van der Waals surface area contributed by atoms with Crippen LogP contribution in [-0.2, 0) is 0 Å². The summed E-state index contributed by atoms with van der Waals surface area (Å²) in [7, 11) is 0. The lowest BCUT2D eigenvalue weighted by atomic mass is 10.1. The third kappa shape index (κ3) is 1.48. The van der Waals surface area contributed by atoms with E-state index in [1.165, 1.54) is 6.20 Å². The number of hydrogen-bond acceptors (Lipinski definition) is 2. The average molecular weight is 241 g/mol. The Morgan fingerprint density at radius 2 is 2.22 bits per heavy atom. The number of nitrogens with one attached hydrogen (secondary N) is 2. The molecule has 3 aromatic rings. The van der Waals surface area contributed by atoms with Gasteiger partial charge in [0.15, 0.2) is 0 Å². The molecule has 0 unspecified atom stereocenters. The summed E-state index contributed by atoms with van der Waals surface area (Å²) >= 11 is 0. The van der Waals surface area contributed by atoms with Crippen molar-refractivity contribution in [3.05, 3.63) is 41.9 Å². The van der Waals surface area contributed by atoms with Crippen molar-refractivity contribution in [2.75, 3.05) is 0 Å². The predicted octanol–water partition coefficient (Wildman–Crippen LogP) is 2.56. The number of para-hydroxylation sites is 1. The number of aryl methyl sites for hydroxylation is 1. The zero-order valence-electron chi connectivity index (χ0n) is 9.69. The highest BCUT2D eigenvalue weighted by molar-refractivity contribution is 5.96. The third-order valence-electron chi connectivity index (χ3n) is 2.99. The van der Waals surface area contributed by atoms with E-state index < -0.39 is 5.97 Å². The van der Waals surface area contributed by atoms with E-state index in [1.807, 2.05) is 31.3 Å². The van der Waals surface area contributed by atoms with E-state index in [-0.39, 0.29) is 5.69 Å². The van der Waals surface area contributed by atoms with Crippen molar-refractivity contribution in [3.8, 4) is 11.4 Å². The van der Waals surface area contributed by atoms with Crippen molar-refractivity contribution in [2.24, 2.45) is 0 Å². The number of aromatic nitrogens is 3. The van der Waals surface area contributed by atoms with Crippen LogP contribution in [0.15, 0.2) is 30.6 Å². The maximum atomic E-state index is 10.8. The van der Waals surface area contributed by atoms with Crippen LogP contribution < -0.4 is 0 Å². The van der Waals surface area contributed by atoms with Crippen molar-refractivity contribution < 1.29 is 9.90 Å². The van der Waals surface area contributed by atoms with E-state index in [0.717, 1.165) is 22.0 Å². The standard InChI is InChI=1S/C13H11N3O2/c1-7-3-2-4-8-9(5-14-11(7)8)12-15-6-10(16-12)13(17)18/h2-6,14H,1H3,(H,15,16)(H,17,18). The Morgan fingerprint density at radius 1 is 1.39 bits per heavy atom. The van der Waals surface area contributed by atoms with E-state index in [2.05, 4.69) is 15.0 Å². The quantitative estimate of drug-likeness (QED) is 0.644. The lowest BCUT2D eigenvalue weighted by Crippen LogP contribution is -1.95. The van der Waals surface area contributed by atoms with Gasteiger partial charge < -0.3 is 15.1 Å². The van der Waals surface area contributed by atoms with Gasteiger partial charge in [0.25, 0.3) is 0 Å². The molecule has 5 nitrogen and oxygen atoms in total. The number of nitrogens with zero attached hydrogens (tertiary/aromatic N) is 1. The molecule has 2 aromatic heterocycles. The second-order valence-electron chi connectivity index (χ2n) is 4.15. The molecule has 3 rings (SSSR count). The Morgan fingerprint density at radius 3 is 2.94 bits per heavy atom. The Labute approximate surface area is 102 Å². The molecular weight excluding hydrogens is 230 g/mol. The monoisotopic (exact) mass is 241 g/mol. The Hall–Kier alpha value is -2.56. The fraction of sp³-hybridized carbons (Fsp3) is 0.0769. The van der Waals surface area contributed by atoms with Gasteiger partial charge in [-0.1, -0.05) is 18.2 Å². The van der Waals surface area contributed by atoms with Crippen molar-refractivity contribution in [3.63, 3.8) is 0 Å². The van der Waals surface area contributed by atoms with Crippen molar-refractivity contribution in [2.45, 2.75) is 6.92 Å². The molecular formula is C13H11N3O2. The highest BCUT2D eigenvalue weighted by Crippen LogP contribution is 2.28. The highest BCUT2D eigenvalue weighted by Gasteiger charge is 2.12. The molecule has 3 N–H and O–H groups in total. The molecule has 0 saturated heterocycles. The summed E-state index contributed by atoms with van der Waals surface area (Å²) in [5.41, 5.74) is 3.15. The van der Waals surface area contributed by atoms with Crippen LogP contribution in [-0.4, -0.2) is 26.0 Å². The molecule has 0 fully saturated rings. The molecule has 5 heteroatoms. The minimum atomic E-state index is -1.01. The topological polar surface area (TPSA) is 81.8 Å². The second-order valence-corrected chi connectivity index (χ2v) is 4.15. The van der Waals surface area contributed by atoms with Gasteiger partial charge in [-0.2, -0.15) is 0 Å². The molecule has 0 bridgehead atoms. The summed E-state index contributed by atoms with van der Waals surface area (Å²) < 4.78 is 0. The van der Waals surface area contributed by atoms with Gasteiger partial charge in [0, 0.05) is 22.7 Å². The maximum Gasteiger partial charge on any atom is 0.353 e. The Bertz CT molecular complexity index is 740. The fourth-order valence-corrected chi connectivity index (χ4v) is 2.07. The van der Waals surface area contributed by atoms with Crippen molar-refractivity contribution in [1.82, 2.24) is 15.0 Å². The van der Waals surface area contributed by atoms with Gasteiger partial charge >= 0.3 is 5.97 Å². The summed E-state index contributed by atoms with van der Waals surface area (Å²) in [4.78, 5) is 20.9. The maximum absolute atomic E-state index is 10.8. The molecule has 0 amide bonds. The number of benzene rings is 1. The third-order valence-corrected chi connectivity index (χ3v) is 2.99. The van der Waals surface area contributed by atoms with Crippen molar-refractivity contribution in [1.29, 1.82) is 0 Å². The minimum absolute atomic E-state index is 0.0898. The number of carboxylic acid groups (broad SMARTS) is 1. The van der Waals surface area contributed by atoms with Crippen LogP contribution >= 0.6 is 0 Å². The van der Waals surface area contributed by atoms with Crippen LogP contribution in [0.5, 0.6) is 0 Å². The van der Waals surface area contributed by atoms with Gasteiger partial charge in [0.1, 0.15) is 11.5 Å². The summed E-state index contributed by atoms with van der Waals surface area (Å²) in [6.07, 6.45) is 3.16. The number of rotatable bonds is 2. The number of hydrogen-bond donors (Lipinski definition) is 3. The molecule has 1 aromatic carbocycles. The van der Waals surface area contributed by atoms with Gasteiger partial charge in [-0.15, -0.1) is 0 Å². The Balaban J connectivity index is 2.19. The number of imidazole rings is 1. The first-order valence-corrected chi connectivity index (χ1v) is 5.52. The normalized spacial score (nSPS) is 10.9. The number of fused-ring (bicyclic) bond motifs is 1. The SMILES string of the molecule is Cc1cccc2c(-c3ncc(C(=O)O)[nH]3)c[nH]c12. The number of H-pyrrole nitrogens is 2. The van der Waals surface area contributed by atoms with Gasteiger partial charge in [-0.3, -0.25) is 0 Å². The lowest BCUT2D eigenvalue weighted by molar-refractivity contribution is 0.0691. The van der Waals surface area contributed by atoms with E-state index in [1.54, 1.807) is 0 Å². The number of aromatic carboxylic acids is 1. The molecule has 2 heterocycles. The van der Waals surface area contributed by atoms with Crippen LogP contribution in [0.3, 0.4) is 0 Å². The van der Waals surface area contributed by atoms with Crippen LogP contribution in [0.2, 0.25) is 0 Å².